The average molecular weight is 347 g/mol. The van der Waals surface area contributed by atoms with Crippen LogP contribution in [0.2, 0.25) is 0 Å². The van der Waals surface area contributed by atoms with Gasteiger partial charge in [0.15, 0.2) is 0 Å². The van der Waals surface area contributed by atoms with Crippen LogP contribution in [0.1, 0.15) is 23.7 Å². The highest BCUT2D eigenvalue weighted by molar-refractivity contribution is 9.11. The van der Waals surface area contributed by atoms with E-state index < -0.39 is 0 Å². The van der Waals surface area contributed by atoms with Gasteiger partial charge < -0.3 is 5.32 Å². The summed E-state index contributed by atoms with van der Waals surface area (Å²) in [6.45, 7) is 2.62. The standard InChI is InChI=1S/C12H13Br2NO/c1-2-3-4-7-15-12(16)10-6-5-9(13)8-11(10)14/h2-3,5-6,8H,4,7H2,1H3,(H,15,16)/b3-2+. The van der Waals surface area contributed by atoms with Crippen LogP contribution in [-0.2, 0) is 0 Å². The summed E-state index contributed by atoms with van der Waals surface area (Å²) >= 11 is 6.71. The van der Waals surface area contributed by atoms with Gasteiger partial charge in [-0.05, 0) is 47.5 Å². The fraction of sp³-hybridized carbons (Fsp3) is 0.250. The van der Waals surface area contributed by atoms with E-state index in [0.717, 1.165) is 15.4 Å². The molecule has 1 aromatic rings. The predicted molar refractivity (Wildman–Crippen MR) is 73.6 cm³/mol. The molecule has 86 valence electrons. The smallest absolute Gasteiger partial charge is 0.252 e. The second kappa shape index (κ2) is 6.86. The van der Waals surface area contributed by atoms with Crippen molar-refractivity contribution in [2.75, 3.05) is 6.54 Å². The van der Waals surface area contributed by atoms with E-state index in [-0.39, 0.29) is 5.91 Å². The van der Waals surface area contributed by atoms with Crippen LogP contribution in [0.3, 0.4) is 0 Å². The summed E-state index contributed by atoms with van der Waals surface area (Å²) in [5, 5.41) is 2.86. The summed E-state index contributed by atoms with van der Waals surface area (Å²) in [7, 11) is 0. The van der Waals surface area contributed by atoms with Crippen molar-refractivity contribution in [3.63, 3.8) is 0 Å². The van der Waals surface area contributed by atoms with E-state index >= 15 is 0 Å². The van der Waals surface area contributed by atoms with Gasteiger partial charge in [0.1, 0.15) is 0 Å². The number of nitrogens with one attached hydrogen (secondary N) is 1. The van der Waals surface area contributed by atoms with Gasteiger partial charge in [0, 0.05) is 15.5 Å². The molecule has 1 amide bonds. The van der Waals surface area contributed by atoms with Crippen LogP contribution in [0.4, 0.5) is 0 Å². The number of carbonyl (C=O) groups excluding carboxylic acids is 1. The Kier molecular flexibility index (Phi) is 5.77. The average Bonchev–Trinajstić information content (AvgIpc) is 2.24. The molecular weight excluding hydrogens is 334 g/mol. The van der Waals surface area contributed by atoms with Gasteiger partial charge in [0.05, 0.1) is 5.56 Å². The van der Waals surface area contributed by atoms with E-state index in [0.29, 0.717) is 12.1 Å². The molecule has 0 aromatic heterocycles. The van der Waals surface area contributed by atoms with Crippen molar-refractivity contribution in [1.82, 2.24) is 5.32 Å². The highest BCUT2D eigenvalue weighted by Crippen LogP contribution is 2.21. The molecule has 0 saturated carbocycles. The number of halogens is 2. The number of hydrogen-bond donors (Lipinski definition) is 1. The Balaban J connectivity index is 2.59. The summed E-state index contributed by atoms with van der Waals surface area (Å²) in [6.07, 6.45) is 4.86. The van der Waals surface area contributed by atoms with Crippen LogP contribution < -0.4 is 5.32 Å². The molecule has 0 aliphatic carbocycles. The van der Waals surface area contributed by atoms with E-state index in [1.807, 2.05) is 31.2 Å². The van der Waals surface area contributed by atoms with Crippen LogP contribution in [0.25, 0.3) is 0 Å². The highest BCUT2D eigenvalue weighted by Gasteiger charge is 2.08. The second-order valence-electron chi connectivity index (χ2n) is 3.24. The summed E-state index contributed by atoms with van der Waals surface area (Å²) in [5.41, 5.74) is 0.656. The van der Waals surface area contributed by atoms with Gasteiger partial charge in [-0.3, -0.25) is 4.79 Å². The lowest BCUT2D eigenvalue weighted by atomic mass is 10.2. The van der Waals surface area contributed by atoms with Gasteiger partial charge in [-0.2, -0.15) is 0 Å². The molecule has 0 aliphatic heterocycles. The first kappa shape index (κ1) is 13.5. The maximum Gasteiger partial charge on any atom is 0.252 e. The largest absolute Gasteiger partial charge is 0.352 e. The maximum atomic E-state index is 11.8. The van der Waals surface area contributed by atoms with Crippen molar-refractivity contribution in [2.24, 2.45) is 0 Å². The molecule has 0 atom stereocenters. The molecule has 2 nitrogen and oxygen atoms in total. The Bertz CT molecular complexity index is 402. The lowest BCUT2D eigenvalue weighted by Gasteiger charge is -2.05. The maximum absolute atomic E-state index is 11.8. The number of benzene rings is 1. The fourth-order valence-corrected chi connectivity index (χ4v) is 2.43. The minimum Gasteiger partial charge on any atom is -0.352 e. The Morgan fingerprint density at radius 1 is 1.44 bits per heavy atom. The van der Waals surface area contributed by atoms with E-state index in [1.165, 1.54) is 0 Å². The SMILES string of the molecule is C/C=C/CCNC(=O)c1ccc(Br)cc1Br. The van der Waals surface area contributed by atoms with E-state index in [4.69, 9.17) is 0 Å². The molecule has 1 N–H and O–H groups in total. The molecular formula is C12H13Br2NO. The van der Waals surface area contributed by atoms with Crippen LogP contribution >= 0.6 is 31.9 Å². The highest BCUT2D eigenvalue weighted by atomic mass is 79.9. The number of hydrogen-bond acceptors (Lipinski definition) is 1. The molecule has 0 bridgehead atoms. The Hall–Kier alpha value is -0.610. The van der Waals surface area contributed by atoms with E-state index in [9.17, 15) is 4.79 Å². The molecule has 0 fully saturated rings. The summed E-state index contributed by atoms with van der Waals surface area (Å²) in [4.78, 5) is 11.8. The van der Waals surface area contributed by atoms with Gasteiger partial charge in [-0.1, -0.05) is 28.1 Å². The quantitative estimate of drug-likeness (QED) is 0.650. The lowest BCUT2D eigenvalue weighted by Crippen LogP contribution is -2.24. The minimum absolute atomic E-state index is 0.0520. The summed E-state index contributed by atoms with van der Waals surface area (Å²) in [6, 6.07) is 5.51. The van der Waals surface area contributed by atoms with Gasteiger partial charge >= 0.3 is 0 Å². The van der Waals surface area contributed by atoms with Crippen molar-refractivity contribution in [3.8, 4) is 0 Å². The monoisotopic (exact) mass is 345 g/mol. The van der Waals surface area contributed by atoms with E-state index in [1.54, 1.807) is 6.07 Å². The Morgan fingerprint density at radius 2 is 2.19 bits per heavy atom. The van der Waals surface area contributed by atoms with Gasteiger partial charge in [-0.25, -0.2) is 0 Å². The van der Waals surface area contributed by atoms with Crippen molar-refractivity contribution in [3.05, 3.63) is 44.9 Å². The number of allylic oxidation sites excluding steroid dienone is 1. The molecule has 1 aromatic carbocycles. The molecule has 0 heterocycles. The first-order valence-electron chi connectivity index (χ1n) is 4.99. The van der Waals surface area contributed by atoms with Crippen molar-refractivity contribution in [1.29, 1.82) is 0 Å². The van der Waals surface area contributed by atoms with Crippen LogP contribution in [0.5, 0.6) is 0 Å². The van der Waals surface area contributed by atoms with Gasteiger partial charge in [0.25, 0.3) is 5.91 Å². The van der Waals surface area contributed by atoms with Crippen LogP contribution in [-0.4, -0.2) is 12.5 Å². The third kappa shape index (κ3) is 4.10. The van der Waals surface area contributed by atoms with Crippen molar-refractivity contribution >= 4 is 37.8 Å². The van der Waals surface area contributed by atoms with Crippen molar-refractivity contribution < 1.29 is 4.79 Å². The van der Waals surface area contributed by atoms with Gasteiger partial charge in [0.2, 0.25) is 0 Å². The molecule has 4 heteroatoms. The van der Waals surface area contributed by atoms with Gasteiger partial charge in [-0.15, -0.1) is 0 Å². The van der Waals surface area contributed by atoms with Crippen molar-refractivity contribution in [2.45, 2.75) is 13.3 Å². The number of carbonyl (C=O) groups is 1. The van der Waals surface area contributed by atoms with E-state index in [2.05, 4.69) is 37.2 Å². The predicted octanol–water partition coefficient (Wildman–Crippen LogP) is 3.91. The minimum atomic E-state index is -0.0520. The fourth-order valence-electron chi connectivity index (χ4n) is 1.20. The molecule has 0 aliphatic rings. The zero-order valence-electron chi connectivity index (χ0n) is 8.97. The Labute approximate surface area is 112 Å². The third-order valence-electron chi connectivity index (χ3n) is 2.01. The molecule has 0 spiro atoms. The Morgan fingerprint density at radius 3 is 2.81 bits per heavy atom. The number of rotatable bonds is 4. The molecule has 0 radical (unpaired) electrons. The second-order valence-corrected chi connectivity index (χ2v) is 5.01. The molecule has 0 saturated heterocycles. The zero-order chi connectivity index (χ0) is 12.0. The molecule has 0 unspecified atom stereocenters. The molecule has 16 heavy (non-hydrogen) atoms. The molecule has 1 rings (SSSR count). The topological polar surface area (TPSA) is 29.1 Å². The zero-order valence-corrected chi connectivity index (χ0v) is 12.1. The lowest BCUT2D eigenvalue weighted by molar-refractivity contribution is 0.0953. The summed E-state index contributed by atoms with van der Waals surface area (Å²) < 4.78 is 1.75. The summed E-state index contributed by atoms with van der Waals surface area (Å²) in [5.74, 6) is -0.0520. The third-order valence-corrected chi connectivity index (χ3v) is 3.16. The van der Waals surface area contributed by atoms with Crippen LogP contribution in [0, 0.1) is 0 Å². The first-order chi connectivity index (χ1) is 7.65. The normalized spacial score (nSPS) is 10.7. The first-order valence-corrected chi connectivity index (χ1v) is 6.58. The number of amides is 1. The van der Waals surface area contributed by atoms with Crippen LogP contribution in [0.15, 0.2) is 39.3 Å².